The number of carbonyl (C=O) groups excluding carboxylic acids is 3. The van der Waals surface area contributed by atoms with Crippen molar-refractivity contribution in [1.82, 2.24) is 25.5 Å². The molecular formula is C28H31F2N5O4S. The Bertz CT molecular complexity index is 1340. The van der Waals surface area contributed by atoms with E-state index in [0.29, 0.717) is 17.8 Å². The van der Waals surface area contributed by atoms with Gasteiger partial charge in [-0.1, -0.05) is 30.3 Å². The van der Waals surface area contributed by atoms with Gasteiger partial charge in [-0.2, -0.15) is 8.78 Å². The van der Waals surface area contributed by atoms with Gasteiger partial charge in [-0.15, -0.1) is 11.3 Å². The first kappa shape index (κ1) is 30.4. The lowest BCUT2D eigenvalue weighted by Gasteiger charge is -2.21. The van der Waals surface area contributed by atoms with Gasteiger partial charge in [0.25, 0.3) is 5.91 Å². The van der Waals surface area contributed by atoms with Crippen LogP contribution in [0.3, 0.4) is 0 Å². The number of nitrogens with one attached hydrogen (secondary N) is 3. The number of aliphatic hydroxyl groups excluding tert-OH is 1. The van der Waals surface area contributed by atoms with E-state index in [1.807, 2.05) is 58.8 Å². The molecule has 12 heteroatoms. The van der Waals surface area contributed by atoms with Crippen LogP contribution in [0.4, 0.5) is 8.78 Å². The summed E-state index contributed by atoms with van der Waals surface area (Å²) >= 11 is 1.40. The minimum Gasteiger partial charge on any atom is -0.357 e. The Morgan fingerprint density at radius 1 is 1.23 bits per heavy atom. The summed E-state index contributed by atoms with van der Waals surface area (Å²) in [6.45, 7) is 0.283. The molecule has 4 heterocycles. The van der Waals surface area contributed by atoms with Crippen molar-refractivity contribution in [2.45, 2.75) is 39.0 Å². The third-order valence-corrected chi connectivity index (χ3v) is 6.99. The lowest BCUT2D eigenvalue weighted by molar-refractivity contribution is -0.130. The van der Waals surface area contributed by atoms with Crippen molar-refractivity contribution in [3.05, 3.63) is 76.9 Å². The Hall–Kier alpha value is -4.16. The molecule has 4 N–H and O–H groups in total. The number of nitrogens with zero attached hydrogens (tertiary/aromatic N) is 2. The molecule has 1 fully saturated rings. The minimum absolute atomic E-state index is 0.00295. The molecule has 1 unspecified atom stereocenters. The Morgan fingerprint density at radius 2 is 1.98 bits per heavy atom. The number of aromatic nitrogens is 2. The molecule has 5 rings (SSSR count). The molecule has 1 aliphatic heterocycles. The lowest BCUT2D eigenvalue weighted by atomic mass is 10.1. The number of rotatable bonds is 7. The average Bonchev–Trinajstić information content (AvgIpc) is 3.70. The number of pyridine rings is 1. The Labute approximate surface area is 234 Å². The van der Waals surface area contributed by atoms with Gasteiger partial charge in [0.05, 0.1) is 18.0 Å². The van der Waals surface area contributed by atoms with Gasteiger partial charge in [-0.3, -0.25) is 19.4 Å². The third-order valence-electron chi connectivity index (χ3n) is 6.06. The van der Waals surface area contributed by atoms with E-state index >= 15 is 0 Å². The molecule has 0 saturated carbocycles. The zero-order chi connectivity index (χ0) is 28.9. The van der Waals surface area contributed by atoms with Gasteiger partial charge in [0, 0.05) is 41.6 Å². The lowest BCUT2D eigenvalue weighted by Crippen LogP contribution is -2.41. The number of aliphatic hydroxyl groups is 1. The van der Waals surface area contributed by atoms with Crippen LogP contribution in [0.5, 0.6) is 0 Å². The number of halogens is 2. The first-order valence-electron chi connectivity index (χ1n) is 12.5. The van der Waals surface area contributed by atoms with Crippen LogP contribution >= 0.6 is 11.3 Å². The van der Waals surface area contributed by atoms with E-state index in [2.05, 4.69) is 27.5 Å². The van der Waals surface area contributed by atoms with Crippen LogP contribution in [0.15, 0.2) is 66.3 Å². The van der Waals surface area contributed by atoms with Crippen LogP contribution in [-0.4, -0.2) is 63.9 Å². The van der Waals surface area contributed by atoms with Crippen LogP contribution in [0.2, 0.25) is 0 Å². The maximum Gasteiger partial charge on any atom is 0.342 e. The number of aromatic amines is 1. The average molecular weight is 572 g/mol. The number of hydrogen-bond acceptors (Lipinski definition) is 6. The number of fused-ring (bicyclic) bond motifs is 1. The van der Waals surface area contributed by atoms with E-state index in [0.717, 1.165) is 47.1 Å². The van der Waals surface area contributed by atoms with Crippen LogP contribution in [0.25, 0.3) is 22.0 Å². The van der Waals surface area contributed by atoms with E-state index in [1.54, 1.807) is 12.4 Å². The SMILES string of the molecule is CC1CCCN1C(=O)CNC(=O)c1cc(-c2ccccc2)cs1.O=CNCc1cc2cnccc2[nH]1.OC(F)F. The Balaban J connectivity index is 0.000000218. The maximum absolute atomic E-state index is 12.2. The Morgan fingerprint density at radius 3 is 2.62 bits per heavy atom. The number of benzene rings is 1. The molecule has 0 spiro atoms. The first-order chi connectivity index (χ1) is 19.3. The van der Waals surface area contributed by atoms with Crippen molar-refractivity contribution in [2.24, 2.45) is 0 Å². The van der Waals surface area contributed by atoms with Gasteiger partial charge in [0.15, 0.2) is 0 Å². The first-order valence-corrected chi connectivity index (χ1v) is 13.4. The largest absolute Gasteiger partial charge is 0.357 e. The molecule has 1 aliphatic rings. The molecule has 9 nitrogen and oxygen atoms in total. The summed E-state index contributed by atoms with van der Waals surface area (Å²) in [4.78, 5) is 44.1. The second kappa shape index (κ2) is 15.4. The highest BCUT2D eigenvalue weighted by atomic mass is 32.1. The number of amides is 3. The summed E-state index contributed by atoms with van der Waals surface area (Å²) in [5.74, 6) is -0.180. The molecule has 0 bridgehead atoms. The van der Waals surface area contributed by atoms with E-state index in [1.165, 1.54) is 11.3 Å². The summed E-state index contributed by atoms with van der Waals surface area (Å²) < 4.78 is 19.8. The van der Waals surface area contributed by atoms with E-state index in [4.69, 9.17) is 5.11 Å². The summed E-state index contributed by atoms with van der Waals surface area (Å²) in [5, 5.41) is 15.1. The quantitative estimate of drug-likeness (QED) is 0.248. The van der Waals surface area contributed by atoms with Crippen molar-refractivity contribution in [1.29, 1.82) is 0 Å². The summed E-state index contributed by atoms with van der Waals surface area (Å²) in [6, 6.07) is 16.0. The predicted octanol–water partition coefficient (Wildman–Crippen LogP) is 4.17. The summed E-state index contributed by atoms with van der Waals surface area (Å²) in [6.07, 6.45) is 6.30. The van der Waals surface area contributed by atoms with Crippen LogP contribution in [0, 0.1) is 0 Å². The number of alkyl halides is 2. The highest BCUT2D eigenvalue weighted by molar-refractivity contribution is 7.12. The standard InChI is InChI=1S/C18H20N2O2S.C9H9N3O.CH2F2O/c1-13-6-5-9-20(13)17(21)11-19-18(22)16-10-15(12-23-16)14-7-3-2-4-8-14;13-6-11-5-8-3-7-4-10-2-1-9(7)12-8;2-1(3)4/h2-4,7-8,10,12-13H,5-6,9,11H2,1H3,(H,19,22);1-4,6,12H,5H2,(H,11,13);1,4H. The highest BCUT2D eigenvalue weighted by Crippen LogP contribution is 2.25. The number of hydrogen-bond donors (Lipinski definition) is 4. The normalized spacial score (nSPS) is 14.1. The fourth-order valence-corrected chi connectivity index (χ4v) is 5.00. The fourth-order valence-electron chi connectivity index (χ4n) is 4.16. The molecule has 0 aliphatic carbocycles. The van der Waals surface area contributed by atoms with Crippen LogP contribution in [-0.2, 0) is 16.1 Å². The summed E-state index contributed by atoms with van der Waals surface area (Å²) in [7, 11) is 0. The fraction of sp³-hybridized carbons (Fsp3) is 0.286. The Kier molecular flexibility index (Phi) is 11.7. The molecule has 4 aromatic rings. The number of thiophene rings is 1. The maximum atomic E-state index is 12.2. The van der Waals surface area contributed by atoms with Gasteiger partial charge >= 0.3 is 6.61 Å². The molecule has 1 aromatic carbocycles. The van der Waals surface area contributed by atoms with E-state index in [9.17, 15) is 23.2 Å². The molecule has 3 aromatic heterocycles. The van der Waals surface area contributed by atoms with Crippen molar-refractivity contribution >= 4 is 40.5 Å². The van der Waals surface area contributed by atoms with Crippen molar-refractivity contribution in [2.75, 3.05) is 13.1 Å². The second-order valence-electron chi connectivity index (χ2n) is 8.86. The van der Waals surface area contributed by atoms with Gasteiger partial charge in [-0.25, -0.2) is 0 Å². The smallest absolute Gasteiger partial charge is 0.342 e. The predicted molar refractivity (Wildman–Crippen MR) is 150 cm³/mol. The highest BCUT2D eigenvalue weighted by Gasteiger charge is 2.25. The van der Waals surface area contributed by atoms with Gasteiger partial charge in [0.1, 0.15) is 0 Å². The van der Waals surface area contributed by atoms with Gasteiger partial charge < -0.3 is 25.6 Å². The van der Waals surface area contributed by atoms with E-state index in [-0.39, 0.29) is 24.4 Å². The van der Waals surface area contributed by atoms with Crippen molar-refractivity contribution in [3.63, 3.8) is 0 Å². The molecule has 0 radical (unpaired) electrons. The zero-order valence-corrected chi connectivity index (χ0v) is 22.7. The number of H-pyrrole nitrogens is 1. The summed E-state index contributed by atoms with van der Waals surface area (Å²) in [5.41, 5.74) is 4.14. The topological polar surface area (TPSA) is 127 Å². The minimum atomic E-state index is -3.17. The molecule has 1 atom stereocenters. The third kappa shape index (κ3) is 9.24. The number of carbonyl (C=O) groups is 3. The molecule has 40 heavy (non-hydrogen) atoms. The molecular weight excluding hydrogens is 540 g/mol. The van der Waals surface area contributed by atoms with Gasteiger partial charge in [-0.05, 0) is 54.5 Å². The van der Waals surface area contributed by atoms with Crippen molar-refractivity contribution in [3.8, 4) is 11.1 Å². The zero-order valence-electron chi connectivity index (χ0n) is 21.8. The molecule has 3 amide bonds. The monoisotopic (exact) mass is 571 g/mol. The number of likely N-dealkylation sites (tertiary alicyclic amines) is 1. The molecule has 1 saturated heterocycles. The van der Waals surface area contributed by atoms with Crippen molar-refractivity contribution < 1.29 is 28.3 Å². The van der Waals surface area contributed by atoms with E-state index < -0.39 is 6.61 Å². The van der Waals surface area contributed by atoms with Crippen LogP contribution in [0.1, 0.15) is 35.1 Å². The molecule has 212 valence electrons. The van der Waals surface area contributed by atoms with Gasteiger partial charge in [0.2, 0.25) is 12.3 Å². The van der Waals surface area contributed by atoms with Crippen LogP contribution < -0.4 is 10.6 Å². The second-order valence-corrected chi connectivity index (χ2v) is 9.77.